The van der Waals surface area contributed by atoms with Gasteiger partial charge in [-0.2, -0.15) is 0 Å². The van der Waals surface area contributed by atoms with E-state index in [-0.39, 0.29) is 6.03 Å². The highest BCUT2D eigenvalue weighted by molar-refractivity contribution is 5.74. The molecule has 2 aromatic carbocycles. The van der Waals surface area contributed by atoms with Crippen LogP contribution in [0.1, 0.15) is 24.5 Å². The molecular formula is C23H31N3O3. The van der Waals surface area contributed by atoms with Crippen molar-refractivity contribution in [1.29, 1.82) is 0 Å². The second-order valence-electron chi connectivity index (χ2n) is 7.16. The molecular weight excluding hydrogens is 366 g/mol. The van der Waals surface area contributed by atoms with Gasteiger partial charge in [0, 0.05) is 51.1 Å². The molecule has 0 saturated carbocycles. The lowest BCUT2D eigenvalue weighted by atomic mass is 10.1. The summed E-state index contributed by atoms with van der Waals surface area (Å²) >= 11 is 0. The lowest BCUT2D eigenvalue weighted by Crippen LogP contribution is -2.51. The Bertz CT molecular complexity index is 788. The Morgan fingerprint density at radius 3 is 2.52 bits per heavy atom. The Hall–Kier alpha value is -2.73. The Balaban J connectivity index is 1.49. The number of amides is 2. The number of piperazine rings is 1. The Morgan fingerprint density at radius 2 is 1.79 bits per heavy atom. The molecule has 1 saturated heterocycles. The molecule has 3 rings (SSSR count). The summed E-state index contributed by atoms with van der Waals surface area (Å²) in [5.41, 5.74) is 3.36. The van der Waals surface area contributed by atoms with Gasteiger partial charge in [0.15, 0.2) is 0 Å². The topological polar surface area (TPSA) is 54.0 Å². The summed E-state index contributed by atoms with van der Waals surface area (Å²) in [5, 5.41) is 3.07. The molecule has 0 spiro atoms. The zero-order valence-corrected chi connectivity index (χ0v) is 17.4. The Kier molecular flexibility index (Phi) is 7.76. The van der Waals surface area contributed by atoms with Gasteiger partial charge in [0.1, 0.15) is 5.75 Å². The number of urea groups is 1. The average molecular weight is 398 g/mol. The number of rotatable bonds is 8. The molecule has 1 aliphatic heterocycles. The Labute approximate surface area is 173 Å². The summed E-state index contributed by atoms with van der Waals surface area (Å²) in [6.07, 6.45) is 1.00. The number of nitrogens with one attached hydrogen (secondary N) is 1. The molecule has 1 heterocycles. The van der Waals surface area contributed by atoms with Gasteiger partial charge in [0.25, 0.3) is 0 Å². The molecule has 2 aromatic rings. The van der Waals surface area contributed by atoms with Crippen molar-refractivity contribution in [3.8, 4) is 5.75 Å². The zero-order chi connectivity index (χ0) is 20.5. The van der Waals surface area contributed by atoms with Gasteiger partial charge in [-0.15, -0.1) is 0 Å². The van der Waals surface area contributed by atoms with Crippen molar-refractivity contribution < 1.29 is 14.3 Å². The highest BCUT2D eigenvalue weighted by atomic mass is 16.5. The van der Waals surface area contributed by atoms with E-state index in [2.05, 4.69) is 29.3 Å². The maximum Gasteiger partial charge on any atom is 0.317 e. The molecule has 6 heteroatoms. The van der Waals surface area contributed by atoms with Gasteiger partial charge in [-0.1, -0.05) is 37.3 Å². The van der Waals surface area contributed by atoms with Gasteiger partial charge < -0.3 is 24.6 Å². The van der Waals surface area contributed by atoms with Gasteiger partial charge in [-0.3, -0.25) is 0 Å². The van der Waals surface area contributed by atoms with E-state index in [1.165, 1.54) is 0 Å². The molecule has 1 N–H and O–H groups in total. The van der Waals surface area contributed by atoms with Crippen LogP contribution in [0.3, 0.4) is 0 Å². The van der Waals surface area contributed by atoms with E-state index in [0.29, 0.717) is 26.2 Å². The number of benzene rings is 2. The minimum atomic E-state index is -0.0143. The molecule has 1 fully saturated rings. The summed E-state index contributed by atoms with van der Waals surface area (Å²) in [6, 6.07) is 16.1. The van der Waals surface area contributed by atoms with Crippen LogP contribution in [0.4, 0.5) is 10.5 Å². The van der Waals surface area contributed by atoms with Crippen LogP contribution in [0, 0.1) is 0 Å². The van der Waals surface area contributed by atoms with Crippen LogP contribution >= 0.6 is 0 Å². The quantitative estimate of drug-likeness (QED) is 0.691. The van der Waals surface area contributed by atoms with Gasteiger partial charge in [0.2, 0.25) is 0 Å². The van der Waals surface area contributed by atoms with Crippen LogP contribution < -0.4 is 15.0 Å². The number of nitrogens with zero attached hydrogens (tertiary/aromatic N) is 2. The summed E-state index contributed by atoms with van der Waals surface area (Å²) < 4.78 is 11.0. The van der Waals surface area contributed by atoms with Gasteiger partial charge in [-0.25, -0.2) is 4.79 Å². The number of methoxy groups -OCH3 is 1. The molecule has 156 valence electrons. The van der Waals surface area contributed by atoms with Crippen molar-refractivity contribution in [2.45, 2.75) is 26.5 Å². The lowest BCUT2D eigenvalue weighted by Gasteiger charge is -2.36. The van der Waals surface area contributed by atoms with Crippen LogP contribution in [0.2, 0.25) is 0 Å². The van der Waals surface area contributed by atoms with Gasteiger partial charge in [-0.05, 0) is 29.7 Å². The highest BCUT2D eigenvalue weighted by Gasteiger charge is 2.21. The number of carbonyl (C=O) groups is 1. The monoisotopic (exact) mass is 397 g/mol. The number of anilines is 1. The van der Waals surface area contributed by atoms with Crippen LogP contribution in [-0.2, 0) is 17.9 Å². The summed E-state index contributed by atoms with van der Waals surface area (Å²) in [5.74, 6) is 0.851. The fourth-order valence-corrected chi connectivity index (χ4v) is 3.45. The van der Waals surface area contributed by atoms with Crippen LogP contribution in [0.25, 0.3) is 0 Å². The summed E-state index contributed by atoms with van der Waals surface area (Å²) in [4.78, 5) is 16.8. The fraction of sp³-hybridized carbons (Fsp3) is 0.435. The third-order valence-electron chi connectivity index (χ3n) is 5.14. The van der Waals surface area contributed by atoms with E-state index in [1.54, 1.807) is 7.11 Å². The summed E-state index contributed by atoms with van der Waals surface area (Å²) in [6.45, 7) is 6.96. The highest BCUT2D eigenvalue weighted by Crippen LogP contribution is 2.22. The normalized spacial score (nSPS) is 14.0. The van der Waals surface area contributed by atoms with Crippen molar-refractivity contribution in [3.63, 3.8) is 0 Å². The number of carbonyl (C=O) groups excluding carboxylic acids is 1. The molecule has 0 aliphatic carbocycles. The molecule has 0 radical (unpaired) electrons. The molecule has 0 unspecified atom stereocenters. The molecule has 29 heavy (non-hydrogen) atoms. The molecule has 0 aromatic heterocycles. The van der Waals surface area contributed by atoms with E-state index in [1.807, 2.05) is 41.3 Å². The zero-order valence-electron chi connectivity index (χ0n) is 17.4. The van der Waals surface area contributed by atoms with Crippen molar-refractivity contribution in [2.75, 3.05) is 44.8 Å². The molecule has 0 atom stereocenters. The third-order valence-corrected chi connectivity index (χ3v) is 5.14. The number of hydrogen-bond acceptors (Lipinski definition) is 4. The SMILES string of the molecule is CCCOCc1ccccc1CNC(=O)N1CCN(c2cccc(OC)c2)CC1. The maximum atomic E-state index is 12.6. The molecule has 2 amide bonds. The predicted octanol–water partition coefficient (Wildman–Crippen LogP) is 3.65. The van der Waals surface area contributed by atoms with E-state index >= 15 is 0 Å². The third kappa shape index (κ3) is 5.87. The maximum absolute atomic E-state index is 12.6. The van der Waals surface area contributed by atoms with E-state index in [9.17, 15) is 4.79 Å². The standard InChI is InChI=1S/C23H31N3O3/c1-3-15-29-18-20-8-5-4-7-19(20)17-24-23(27)26-13-11-25(12-14-26)21-9-6-10-22(16-21)28-2/h4-10,16H,3,11-15,17-18H2,1-2H3,(H,24,27). The average Bonchev–Trinajstić information content (AvgIpc) is 2.78. The minimum absolute atomic E-state index is 0.0143. The van der Waals surface area contributed by atoms with E-state index < -0.39 is 0 Å². The van der Waals surface area contributed by atoms with Crippen molar-refractivity contribution in [3.05, 3.63) is 59.7 Å². The Morgan fingerprint density at radius 1 is 1.03 bits per heavy atom. The fourth-order valence-electron chi connectivity index (χ4n) is 3.45. The number of hydrogen-bond donors (Lipinski definition) is 1. The first-order chi connectivity index (χ1) is 14.2. The smallest absolute Gasteiger partial charge is 0.317 e. The first-order valence-electron chi connectivity index (χ1n) is 10.3. The van der Waals surface area contributed by atoms with Crippen LogP contribution in [0.15, 0.2) is 48.5 Å². The van der Waals surface area contributed by atoms with Crippen LogP contribution in [0.5, 0.6) is 5.75 Å². The van der Waals surface area contributed by atoms with Crippen molar-refractivity contribution >= 4 is 11.7 Å². The molecule has 6 nitrogen and oxygen atoms in total. The predicted molar refractivity (Wildman–Crippen MR) is 115 cm³/mol. The number of ether oxygens (including phenoxy) is 2. The van der Waals surface area contributed by atoms with E-state index in [4.69, 9.17) is 9.47 Å². The first kappa shape index (κ1) is 21.0. The molecule has 0 bridgehead atoms. The van der Waals surface area contributed by atoms with Crippen molar-refractivity contribution in [2.24, 2.45) is 0 Å². The largest absolute Gasteiger partial charge is 0.497 e. The van der Waals surface area contributed by atoms with Gasteiger partial charge in [0.05, 0.1) is 13.7 Å². The van der Waals surface area contributed by atoms with Crippen LogP contribution in [-0.4, -0.2) is 50.8 Å². The summed E-state index contributed by atoms with van der Waals surface area (Å²) in [7, 11) is 1.68. The van der Waals surface area contributed by atoms with E-state index in [0.717, 1.165) is 48.7 Å². The molecule has 1 aliphatic rings. The second-order valence-corrected chi connectivity index (χ2v) is 7.16. The van der Waals surface area contributed by atoms with Gasteiger partial charge >= 0.3 is 6.03 Å². The first-order valence-corrected chi connectivity index (χ1v) is 10.3. The lowest BCUT2D eigenvalue weighted by molar-refractivity contribution is 0.121. The second kappa shape index (κ2) is 10.7. The van der Waals surface area contributed by atoms with Crippen molar-refractivity contribution in [1.82, 2.24) is 10.2 Å². The minimum Gasteiger partial charge on any atom is -0.497 e.